The van der Waals surface area contributed by atoms with Gasteiger partial charge < -0.3 is 14.8 Å². The van der Waals surface area contributed by atoms with E-state index < -0.39 is 15.8 Å². The third kappa shape index (κ3) is 2.97. The van der Waals surface area contributed by atoms with Gasteiger partial charge >= 0.3 is 5.97 Å². The van der Waals surface area contributed by atoms with E-state index in [1.54, 1.807) is 19.2 Å². The van der Waals surface area contributed by atoms with Crippen LogP contribution in [0.3, 0.4) is 0 Å². The van der Waals surface area contributed by atoms with Gasteiger partial charge in [-0.25, -0.2) is 18.2 Å². The van der Waals surface area contributed by atoms with Crippen LogP contribution >= 0.6 is 0 Å². The highest BCUT2D eigenvalue weighted by atomic mass is 32.2. The van der Waals surface area contributed by atoms with Gasteiger partial charge in [0, 0.05) is 28.1 Å². The molecule has 2 N–H and O–H groups in total. The Kier molecular flexibility index (Phi) is 4.08. The molecular formula is C20H16N2O5S. The summed E-state index contributed by atoms with van der Waals surface area (Å²) in [6.45, 7) is 0. The summed E-state index contributed by atoms with van der Waals surface area (Å²) in [4.78, 5) is 19.4. The number of nitrogens with zero attached hydrogens (tertiary/aromatic N) is 1. The van der Waals surface area contributed by atoms with Crippen molar-refractivity contribution in [1.82, 2.24) is 9.97 Å². The van der Waals surface area contributed by atoms with Gasteiger partial charge in [-0.3, -0.25) is 0 Å². The summed E-state index contributed by atoms with van der Waals surface area (Å²) in [7, 11) is -1.77. The third-order valence-corrected chi connectivity index (χ3v) is 5.70. The van der Waals surface area contributed by atoms with E-state index in [1.165, 1.54) is 18.2 Å². The van der Waals surface area contributed by atoms with Crippen molar-refractivity contribution >= 4 is 37.6 Å². The molecule has 0 aliphatic carbocycles. The molecule has 0 radical (unpaired) electrons. The van der Waals surface area contributed by atoms with Crippen LogP contribution < -0.4 is 4.74 Å². The number of carboxylic acid groups (broad SMARTS) is 1. The lowest BCUT2D eigenvalue weighted by Gasteiger charge is -2.06. The van der Waals surface area contributed by atoms with Gasteiger partial charge in [0.15, 0.2) is 9.84 Å². The third-order valence-electron chi connectivity index (χ3n) is 4.57. The van der Waals surface area contributed by atoms with Crippen LogP contribution in [-0.4, -0.2) is 42.8 Å². The lowest BCUT2D eigenvalue weighted by Crippen LogP contribution is -2.02. The van der Waals surface area contributed by atoms with Crippen molar-refractivity contribution in [2.24, 2.45) is 0 Å². The summed E-state index contributed by atoms with van der Waals surface area (Å²) in [5, 5.41) is 11.0. The number of rotatable bonds is 4. The average molecular weight is 396 g/mol. The molecule has 142 valence electrons. The number of aromatic amines is 1. The van der Waals surface area contributed by atoms with Gasteiger partial charge in [-0.1, -0.05) is 12.1 Å². The molecule has 0 aliphatic heterocycles. The summed E-state index contributed by atoms with van der Waals surface area (Å²) < 4.78 is 28.7. The van der Waals surface area contributed by atoms with Crippen molar-refractivity contribution in [3.8, 4) is 17.0 Å². The lowest BCUT2D eigenvalue weighted by molar-refractivity contribution is 0.0691. The van der Waals surface area contributed by atoms with Gasteiger partial charge in [-0.05, 0) is 36.4 Å². The number of aromatic carboxylic acids is 1. The Bertz CT molecular complexity index is 1340. The highest BCUT2D eigenvalue weighted by Gasteiger charge is 2.17. The van der Waals surface area contributed by atoms with E-state index in [0.717, 1.165) is 17.2 Å². The van der Waals surface area contributed by atoms with Gasteiger partial charge in [0.05, 0.1) is 23.2 Å². The number of nitrogens with one attached hydrogen (secondary N) is 1. The minimum Gasteiger partial charge on any atom is -0.497 e. The number of hydrogen-bond acceptors (Lipinski definition) is 5. The molecule has 0 unspecified atom stereocenters. The van der Waals surface area contributed by atoms with Crippen LogP contribution in [0.15, 0.2) is 53.4 Å². The molecule has 4 rings (SSSR count). The molecule has 0 spiro atoms. The maximum absolute atomic E-state index is 11.7. The van der Waals surface area contributed by atoms with Crippen LogP contribution in [0.25, 0.3) is 33.1 Å². The topological polar surface area (TPSA) is 109 Å². The average Bonchev–Trinajstić information content (AvgIpc) is 3.04. The number of sulfone groups is 1. The Morgan fingerprint density at radius 2 is 1.79 bits per heavy atom. The van der Waals surface area contributed by atoms with Gasteiger partial charge in [-0.15, -0.1) is 0 Å². The second-order valence-electron chi connectivity index (χ2n) is 6.42. The second kappa shape index (κ2) is 6.35. The first-order chi connectivity index (χ1) is 13.3. The monoisotopic (exact) mass is 396 g/mol. The number of benzene rings is 2. The number of aromatic nitrogens is 2. The molecule has 7 nitrogen and oxygen atoms in total. The van der Waals surface area contributed by atoms with Gasteiger partial charge in [-0.2, -0.15) is 0 Å². The quantitative estimate of drug-likeness (QED) is 0.546. The number of methoxy groups -OCH3 is 1. The lowest BCUT2D eigenvalue weighted by atomic mass is 10.1. The largest absolute Gasteiger partial charge is 0.497 e. The van der Waals surface area contributed by atoms with Crippen molar-refractivity contribution in [3.05, 3.63) is 54.2 Å². The van der Waals surface area contributed by atoms with Crippen LogP contribution in [0.5, 0.6) is 5.75 Å². The fourth-order valence-electron chi connectivity index (χ4n) is 3.18. The second-order valence-corrected chi connectivity index (χ2v) is 8.43. The van der Waals surface area contributed by atoms with E-state index in [0.29, 0.717) is 27.9 Å². The molecule has 0 fully saturated rings. The van der Waals surface area contributed by atoms with E-state index in [9.17, 15) is 18.3 Å². The minimum absolute atomic E-state index is 0.0987. The first-order valence-corrected chi connectivity index (χ1v) is 10.2. The van der Waals surface area contributed by atoms with E-state index in [4.69, 9.17) is 4.74 Å². The summed E-state index contributed by atoms with van der Waals surface area (Å²) in [5.41, 5.74) is 2.43. The Balaban J connectivity index is 2.03. The Hall–Kier alpha value is -3.39. The molecule has 0 bridgehead atoms. The number of carbonyl (C=O) groups is 1. The standard InChI is InChI=1S/C20H16N2O5S/c1-27-12-5-8-16-14(9-12)15-10-17(20(23)24)22-18(19(15)21-16)11-3-6-13(7-4-11)28(2,25)26/h3-10,21H,1-2H3,(H,23,24). The minimum atomic E-state index is -3.33. The van der Waals surface area contributed by atoms with Gasteiger partial charge in [0.1, 0.15) is 11.4 Å². The van der Waals surface area contributed by atoms with Crippen LogP contribution in [0, 0.1) is 0 Å². The highest BCUT2D eigenvalue weighted by molar-refractivity contribution is 7.90. The molecule has 0 aliphatic rings. The van der Waals surface area contributed by atoms with Crippen LogP contribution in [-0.2, 0) is 9.84 Å². The van der Waals surface area contributed by atoms with Gasteiger partial charge in [0.2, 0.25) is 0 Å². The molecule has 0 saturated heterocycles. The molecular weight excluding hydrogens is 380 g/mol. The van der Waals surface area contributed by atoms with Crippen molar-refractivity contribution in [3.63, 3.8) is 0 Å². The van der Waals surface area contributed by atoms with Crippen LogP contribution in [0.2, 0.25) is 0 Å². The molecule has 2 heterocycles. The smallest absolute Gasteiger partial charge is 0.354 e. The fraction of sp³-hybridized carbons (Fsp3) is 0.100. The normalized spacial score (nSPS) is 11.8. The number of H-pyrrole nitrogens is 1. The number of hydrogen-bond donors (Lipinski definition) is 2. The molecule has 0 atom stereocenters. The SMILES string of the molecule is COc1ccc2[nH]c3c(-c4ccc(S(C)(=O)=O)cc4)nc(C(=O)O)cc3c2c1. The highest BCUT2D eigenvalue weighted by Crippen LogP contribution is 2.34. The molecule has 2 aromatic carbocycles. The number of carboxylic acids is 1. The van der Waals surface area contributed by atoms with E-state index >= 15 is 0 Å². The zero-order valence-corrected chi connectivity index (χ0v) is 15.9. The van der Waals surface area contributed by atoms with Crippen molar-refractivity contribution in [2.75, 3.05) is 13.4 Å². The predicted molar refractivity (Wildman–Crippen MR) is 106 cm³/mol. The first kappa shape index (κ1) is 18.0. The maximum Gasteiger partial charge on any atom is 0.354 e. The van der Waals surface area contributed by atoms with E-state index in [1.807, 2.05) is 18.2 Å². The summed E-state index contributed by atoms with van der Waals surface area (Å²) >= 11 is 0. The molecule has 4 aromatic rings. The Morgan fingerprint density at radius 3 is 2.39 bits per heavy atom. The molecule has 0 saturated carbocycles. The van der Waals surface area contributed by atoms with Crippen molar-refractivity contribution < 1.29 is 23.1 Å². The van der Waals surface area contributed by atoms with Crippen molar-refractivity contribution in [1.29, 1.82) is 0 Å². The van der Waals surface area contributed by atoms with E-state index in [2.05, 4.69) is 9.97 Å². The van der Waals surface area contributed by atoms with Gasteiger partial charge in [0.25, 0.3) is 0 Å². The first-order valence-electron chi connectivity index (χ1n) is 8.32. The predicted octanol–water partition coefficient (Wildman–Crippen LogP) is 3.49. The fourth-order valence-corrected chi connectivity index (χ4v) is 3.81. The van der Waals surface area contributed by atoms with Crippen LogP contribution in [0.1, 0.15) is 10.5 Å². The van der Waals surface area contributed by atoms with E-state index in [-0.39, 0.29) is 10.6 Å². The Morgan fingerprint density at radius 1 is 1.07 bits per heavy atom. The maximum atomic E-state index is 11.7. The van der Waals surface area contributed by atoms with Crippen molar-refractivity contribution in [2.45, 2.75) is 4.90 Å². The summed E-state index contributed by atoms with van der Waals surface area (Å²) in [6, 6.07) is 13.2. The molecule has 8 heteroatoms. The number of fused-ring (bicyclic) bond motifs is 3. The molecule has 28 heavy (non-hydrogen) atoms. The summed E-state index contributed by atoms with van der Waals surface area (Å²) in [6.07, 6.45) is 1.13. The number of ether oxygens (including phenoxy) is 1. The number of pyridine rings is 1. The Labute approximate surface area is 160 Å². The molecule has 0 amide bonds. The molecule has 2 aromatic heterocycles. The zero-order chi connectivity index (χ0) is 20.1. The summed E-state index contributed by atoms with van der Waals surface area (Å²) in [5.74, 6) is -0.491. The van der Waals surface area contributed by atoms with Crippen LogP contribution in [0.4, 0.5) is 0 Å². The zero-order valence-electron chi connectivity index (χ0n) is 15.1.